The summed E-state index contributed by atoms with van der Waals surface area (Å²) in [6.45, 7) is 1.70. The molecule has 1 aliphatic rings. The van der Waals surface area contributed by atoms with Crippen LogP contribution in [0.5, 0.6) is 0 Å². The molecule has 3 N–H and O–H groups in total. The van der Waals surface area contributed by atoms with E-state index in [-0.39, 0.29) is 0 Å². The second-order valence-corrected chi connectivity index (χ2v) is 6.95. The Labute approximate surface area is 136 Å². The van der Waals surface area contributed by atoms with E-state index in [4.69, 9.17) is 4.74 Å². The Morgan fingerprint density at radius 1 is 1.27 bits per heavy atom. The second-order valence-electron chi connectivity index (χ2n) is 5.92. The lowest BCUT2D eigenvalue weighted by atomic mass is 9.88. The van der Waals surface area contributed by atoms with E-state index >= 15 is 0 Å². The largest absolute Gasteiger partial charge is 0.385 e. The first-order valence-electron chi connectivity index (χ1n) is 8.02. The molecule has 4 heteroatoms. The summed E-state index contributed by atoms with van der Waals surface area (Å²) in [5.74, 6) is 0. The van der Waals surface area contributed by atoms with Gasteiger partial charge in [0.05, 0.1) is 13.2 Å². The molecule has 2 atom stereocenters. The summed E-state index contributed by atoms with van der Waals surface area (Å²) in [6, 6.07) is 13.3. The third kappa shape index (κ3) is 4.17. The fourth-order valence-corrected chi connectivity index (χ4v) is 3.76. The predicted octanol–water partition coefficient (Wildman–Crippen LogP) is 2.27. The van der Waals surface area contributed by atoms with E-state index in [2.05, 4.69) is 35.6 Å². The van der Waals surface area contributed by atoms with E-state index in [9.17, 15) is 5.11 Å². The van der Waals surface area contributed by atoms with E-state index in [1.807, 2.05) is 11.4 Å². The molecule has 0 spiro atoms. The van der Waals surface area contributed by atoms with Crippen LogP contribution in [0.25, 0.3) is 0 Å². The zero-order chi connectivity index (χ0) is 15.2. The minimum atomic E-state index is -0.408. The molecule has 1 aliphatic carbocycles. The molecule has 0 radical (unpaired) electrons. The van der Waals surface area contributed by atoms with Crippen molar-refractivity contribution in [1.82, 2.24) is 0 Å². The SMILES string of the molecule is O[C@H](C[NH2+][C@H]1CCCc2ccccc21)COCc1cccs1. The molecular weight excluding hydrogens is 294 g/mol. The number of rotatable bonds is 7. The molecule has 3 rings (SSSR count). The molecule has 2 aromatic rings. The molecule has 0 fully saturated rings. The number of quaternary nitrogens is 1. The monoisotopic (exact) mass is 318 g/mol. The van der Waals surface area contributed by atoms with Gasteiger partial charge in [0.1, 0.15) is 18.7 Å². The molecule has 118 valence electrons. The zero-order valence-electron chi connectivity index (χ0n) is 12.8. The van der Waals surface area contributed by atoms with Crippen LogP contribution in [0.15, 0.2) is 41.8 Å². The van der Waals surface area contributed by atoms with E-state index < -0.39 is 6.10 Å². The molecule has 1 aromatic carbocycles. The van der Waals surface area contributed by atoms with Crippen molar-refractivity contribution in [2.75, 3.05) is 13.2 Å². The summed E-state index contributed by atoms with van der Waals surface area (Å²) in [7, 11) is 0. The van der Waals surface area contributed by atoms with E-state index in [0.717, 1.165) is 0 Å². The summed E-state index contributed by atoms with van der Waals surface area (Å²) >= 11 is 1.69. The first-order valence-corrected chi connectivity index (χ1v) is 8.90. The van der Waals surface area contributed by atoms with Crippen molar-refractivity contribution in [2.24, 2.45) is 0 Å². The van der Waals surface area contributed by atoms with Crippen LogP contribution in [0.1, 0.15) is 34.9 Å². The lowest BCUT2D eigenvalue weighted by molar-refractivity contribution is -0.703. The van der Waals surface area contributed by atoms with Crippen molar-refractivity contribution in [3.63, 3.8) is 0 Å². The van der Waals surface area contributed by atoms with Crippen molar-refractivity contribution >= 4 is 11.3 Å². The number of hydrogen-bond donors (Lipinski definition) is 2. The highest BCUT2D eigenvalue weighted by Crippen LogP contribution is 2.26. The number of aliphatic hydroxyl groups excluding tert-OH is 1. The van der Waals surface area contributed by atoms with Crippen LogP contribution in [0.3, 0.4) is 0 Å². The average molecular weight is 318 g/mol. The van der Waals surface area contributed by atoms with Gasteiger partial charge in [-0.25, -0.2) is 0 Å². The van der Waals surface area contributed by atoms with Gasteiger partial charge in [0, 0.05) is 16.9 Å². The van der Waals surface area contributed by atoms with Gasteiger partial charge in [-0.15, -0.1) is 11.3 Å². The number of nitrogens with two attached hydrogens (primary N) is 1. The van der Waals surface area contributed by atoms with E-state index in [1.165, 1.54) is 35.3 Å². The smallest absolute Gasteiger partial charge is 0.126 e. The molecular formula is C18H24NO2S+. The Bertz CT molecular complexity index is 570. The van der Waals surface area contributed by atoms with Crippen LogP contribution in [-0.2, 0) is 17.8 Å². The standard InChI is InChI=1S/C18H23NO2S/c20-15(12-21-13-16-7-4-10-22-16)11-19-18-9-3-6-14-5-1-2-8-17(14)18/h1-2,4-5,7-8,10,15,18-20H,3,6,9,11-13H2/p+1/t15-,18+/m1/s1. The zero-order valence-corrected chi connectivity index (χ0v) is 13.6. The van der Waals surface area contributed by atoms with Gasteiger partial charge in [0.25, 0.3) is 0 Å². The third-order valence-electron chi connectivity index (χ3n) is 4.24. The molecule has 0 amide bonds. The predicted molar refractivity (Wildman–Crippen MR) is 88.9 cm³/mol. The van der Waals surface area contributed by atoms with Gasteiger partial charge in [-0.1, -0.05) is 30.3 Å². The molecule has 3 nitrogen and oxygen atoms in total. The van der Waals surface area contributed by atoms with Gasteiger partial charge < -0.3 is 15.2 Å². The minimum absolute atomic E-state index is 0.406. The Balaban J connectivity index is 1.42. The molecule has 1 aromatic heterocycles. The molecule has 0 aliphatic heterocycles. The Morgan fingerprint density at radius 3 is 3.05 bits per heavy atom. The van der Waals surface area contributed by atoms with Crippen LogP contribution in [0.4, 0.5) is 0 Å². The van der Waals surface area contributed by atoms with Crippen molar-refractivity contribution in [3.8, 4) is 0 Å². The second kappa shape index (κ2) is 7.88. The summed E-state index contributed by atoms with van der Waals surface area (Å²) in [6.07, 6.45) is 3.21. The maximum absolute atomic E-state index is 10.1. The summed E-state index contributed by atoms with van der Waals surface area (Å²) < 4.78 is 5.59. The van der Waals surface area contributed by atoms with Gasteiger partial charge in [-0.3, -0.25) is 0 Å². The number of thiophene rings is 1. The lowest BCUT2D eigenvalue weighted by Gasteiger charge is -2.24. The molecule has 1 heterocycles. The van der Waals surface area contributed by atoms with Crippen molar-refractivity contribution < 1.29 is 15.2 Å². The first kappa shape index (κ1) is 15.7. The molecule has 0 unspecified atom stereocenters. The van der Waals surface area contributed by atoms with Gasteiger partial charge in [-0.05, 0) is 29.9 Å². The quantitative estimate of drug-likeness (QED) is 0.822. The van der Waals surface area contributed by atoms with Crippen molar-refractivity contribution in [3.05, 3.63) is 57.8 Å². The number of ether oxygens (including phenoxy) is 1. The van der Waals surface area contributed by atoms with E-state index in [1.54, 1.807) is 11.3 Å². The van der Waals surface area contributed by atoms with Crippen molar-refractivity contribution in [1.29, 1.82) is 0 Å². The molecule has 0 bridgehead atoms. The van der Waals surface area contributed by atoms with Crippen LogP contribution < -0.4 is 5.32 Å². The number of aliphatic hydroxyl groups is 1. The van der Waals surface area contributed by atoms with Gasteiger partial charge in [-0.2, -0.15) is 0 Å². The van der Waals surface area contributed by atoms with Crippen LogP contribution in [-0.4, -0.2) is 24.4 Å². The summed E-state index contributed by atoms with van der Waals surface area (Å²) in [5, 5.41) is 14.4. The normalized spacial score (nSPS) is 18.9. The highest BCUT2D eigenvalue weighted by atomic mass is 32.1. The van der Waals surface area contributed by atoms with Crippen LogP contribution in [0.2, 0.25) is 0 Å². The van der Waals surface area contributed by atoms with Gasteiger partial charge >= 0.3 is 0 Å². The number of fused-ring (bicyclic) bond motifs is 1. The van der Waals surface area contributed by atoms with Crippen molar-refractivity contribution in [2.45, 2.75) is 38.0 Å². The third-order valence-corrected chi connectivity index (χ3v) is 5.09. The Hall–Kier alpha value is -1.20. The lowest BCUT2D eigenvalue weighted by Crippen LogP contribution is -2.87. The molecule has 22 heavy (non-hydrogen) atoms. The highest BCUT2D eigenvalue weighted by molar-refractivity contribution is 7.09. The Kier molecular flexibility index (Phi) is 5.62. The highest BCUT2D eigenvalue weighted by Gasteiger charge is 2.23. The maximum atomic E-state index is 10.1. The first-order chi connectivity index (χ1) is 10.8. The maximum Gasteiger partial charge on any atom is 0.126 e. The van der Waals surface area contributed by atoms with Gasteiger partial charge in [0.2, 0.25) is 0 Å². The minimum Gasteiger partial charge on any atom is -0.385 e. The van der Waals surface area contributed by atoms with Crippen LogP contribution >= 0.6 is 11.3 Å². The fourth-order valence-electron chi connectivity index (χ4n) is 3.12. The van der Waals surface area contributed by atoms with Crippen LogP contribution in [0, 0.1) is 0 Å². The number of benzene rings is 1. The Morgan fingerprint density at radius 2 is 2.18 bits per heavy atom. The van der Waals surface area contributed by atoms with Gasteiger partial charge in [0.15, 0.2) is 0 Å². The van der Waals surface area contributed by atoms with E-state index in [0.29, 0.717) is 25.8 Å². The molecule has 0 saturated heterocycles. The summed E-state index contributed by atoms with van der Waals surface area (Å²) in [4.78, 5) is 1.21. The summed E-state index contributed by atoms with van der Waals surface area (Å²) in [5.41, 5.74) is 2.92. The number of hydrogen-bond acceptors (Lipinski definition) is 3. The number of aryl methyl sites for hydroxylation is 1. The fraction of sp³-hybridized carbons (Fsp3) is 0.444. The topological polar surface area (TPSA) is 46.1 Å². The average Bonchev–Trinajstić information content (AvgIpc) is 3.06. The molecule has 0 saturated carbocycles.